The van der Waals surface area contributed by atoms with Gasteiger partial charge in [-0.2, -0.15) is 0 Å². The minimum Gasteiger partial charge on any atom is -0.456 e. The molecule has 2 heterocycles. The number of hydrogen-bond acceptors (Lipinski definition) is 3. The second-order valence-electron chi connectivity index (χ2n) is 5.21. The third-order valence-corrected chi connectivity index (χ3v) is 3.37. The summed E-state index contributed by atoms with van der Waals surface area (Å²) in [4.78, 5) is 6.54. The van der Waals surface area contributed by atoms with Gasteiger partial charge in [0.15, 0.2) is 0 Å². The van der Waals surface area contributed by atoms with E-state index < -0.39 is 0 Å². The molecule has 0 amide bonds. The summed E-state index contributed by atoms with van der Waals surface area (Å²) in [5.41, 5.74) is 1.08. The van der Waals surface area contributed by atoms with Gasteiger partial charge in [0.2, 0.25) is 0 Å². The van der Waals surface area contributed by atoms with E-state index in [2.05, 4.69) is 29.1 Å². The zero-order valence-electron chi connectivity index (χ0n) is 11.6. The normalized spacial score (nSPS) is 16.2. The zero-order valence-corrected chi connectivity index (χ0v) is 11.6. The fourth-order valence-corrected chi connectivity index (χ4v) is 2.32. The molecule has 1 fully saturated rings. The van der Waals surface area contributed by atoms with Crippen molar-refractivity contribution < 1.29 is 4.74 Å². The molecule has 0 N–H and O–H groups in total. The summed E-state index contributed by atoms with van der Waals surface area (Å²) < 4.78 is 5.78. The molecule has 3 heteroatoms. The van der Waals surface area contributed by atoms with Crippen LogP contribution in [-0.2, 0) is 0 Å². The fraction of sp³-hybridized carbons (Fsp3) is 0.235. The average molecular weight is 266 g/mol. The van der Waals surface area contributed by atoms with Crippen LogP contribution in [0.25, 0.3) is 6.08 Å². The largest absolute Gasteiger partial charge is 0.456 e. The Morgan fingerprint density at radius 2 is 1.95 bits per heavy atom. The van der Waals surface area contributed by atoms with E-state index in [-0.39, 0.29) is 0 Å². The van der Waals surface area contributed by atoms with Crippen LogP contribution in [0.1, 0.15) is 5.56 Å². The lowest BCUT2D eigenvalue weighted by Crippen LogP contribution is -2.42. The van der Waals surface area contributed by atoms with Crippen molar-refractivity contribution >= 4 is 6.08 Å². The van der Waals surface area contributed by atoms with E-state index in [9.17, 15) is 0 Å². The van der Waals surface area contributed by atoms with Crippen molar-refractivity contribution in [1.29, 1.82) is 0 Å². The number of ether oxygens (including phenoxy) is 1. The van der Waals surface area contributed by atoms with Crippen LogP contribution in [0.2, 0.25) is 0 Å². The molecular weight excluding hydrogens is 248 g/mol. The van der Waals surface area contributed by atoms with E-state index in [1.54, 1.807) is 6.20 Å². The van der Waals surface area contributed by atoms with Crippen molar-refractivity contribution in [3.05, 3.63) is 60.4 Å². The molecule has 1 aliphatic heterocycles. The molecule has 1 aromatic heterocycles. The van der Waals surface area contributed by atoms with Crippen LogP contribution in [0, 0.1) is 5.92 Å². The average Bonchev–Trinajstić information content (AvgIpc) is 2.44. The molecule has 3 rings (SSSR count). The van der Waals surface area contributed by atoms with Gasteiger partial charge in [0, 0.05) is 25.2 Å². The highest BCUT2D eigenvalue weighted by atomic mass is 16.5. The van der Waals surface area contributed by atoms with Gasteiger partial charge in [-0.25, -0.2) is 0 Å². The van der Waals surface area contributed by atoms with Crippen molar-refractivity contribution in [3.8, 4) is 11.5 Å². The Balaban J connectivity index is 1.66. The number of likely N-dealkylation sites (tertiary alicyclic amines) is 1. The van der Waals surface area contributed by atoms with E-state index in [0.29, 0.717) is 5.92 Å². The number of para-hydroxylation sites is 1. The Labute approximate surface area is 119 Å². The van der Waals surface area contributed by atoms with Gasteiger partial charge in [0.1, 0.15) is 11.5 Å². The van der Waals surface area contributed by atoms with Crippen LogP contribution in [0.5, 0.6) is 11.5 Å². The summed E-state index contributed by atoms with van der Waals surface area (Å²) in [6.45, 7) is 2.29. The third kappa shape index (κ3) is 3.25. The first-order valence-corrected chi connectivity index (χ1v) is 6.84. The van der Waals surface area contributed by atoms with Gasteiger partial charge in [-0.1, -0.05) is 30.4 Å². The highest BCUT2D eigenvalue weighted by molar-refractivity contribution is 5.51. The molecule has 0 atom stereocenters. The molecule has 3 nitrogen and oxygen atoms in total. The summed E-state index contributed by atoms with van der Waals surface area (Å²) in [6, 6.07) is 11.8. The molecule has 102 valence electrons. The Morgan fingerprint density at radius 3 is 2.70 bits per heavy atom. The molecule has 0 aliphatic carbocycles. The maximum atomic E-state index is 5.78. The Hall–Kier alpha value is -2.13. The zero-order chi connectivity index (χ0) is 13.8. The van der Waals surface area contributed by atoms with Gasteiger partial charge in [-0.3, -0.25) is 4.98 Å². The highest BCUT2D eigenvalue weighted by Gasteiger charge is 2.19. The van der Waals surface area contributed by atoms with E-state index in [0.717, 1.165) is 30.2 Å². The van der Waals surface area contributed by atoms with Crippen molar-refractivity contribution in [2.45, 2.75) is 0 Å². The number of benzene rings is 1. The first-order valence-electron chi connectivity index (χ1n) is 6.84. The van der Waals surface area contributed by atoms with Gasteiger partial charge >= 0.3 is 0 Å². The Kier molecular flexibility index (Phi) is 3.79. The van der Waals surface area contributed by atoms with Crippen molar-refractivity contribution in [2.24, 2.45) is 5.92 Å². The van der Waals surface area contributed by atoms with Gasteiger partial charge < -0.3 is 9.64 Å². The standard InChI is InChI=1S/C17H18N2O/c1-19-12-15(13-19)8-7-14-9-17(11-18-10-14)20-16-5-3-2-4-6-16/h2-11,15H,12-13H2,1H3/b8-7+. The monoisotopic (exact) mass is 266 g/mol. The lowest BCUT2D eigenvalue weighted by molar-refractivity contribution is 0.170. The molecule has 1 aliphatic rings. The summed E-state index contributed by atoms with van der Waals surface area (Å²) in [5.74, 6) is 2.26. The molecule has 2 aromatic rings. The lowest BCUT2D eigenvalue weighted by atomic mass is 10.00. The highest BCUT2D eigenvalue weighted by Crippen LogP contribution is 2.22. The molecule has 20 heavy (non-hydrogen) atoms. The lowest BCUT2D eigenvalue weighted by Gasteiger charge is -2.34. The van der Waals surface area contributed by atoms with Crippen LogP contribution in [-0.4, -0.2) is 30.0 Å². The van der Waals surface area contributed by atoms with Gasteiger partial charge in [-0.15, -0.1) is 0 Å². The van der Waals surface area contributed by atoms with Crippen LogP contribution in [0.3, 0.4) is 0 Å². The van der Waals surface area contributed by atoms with Gasteiger partial charge in [-0.05, 0) is 30.8 Å². The fourth-order valence-electron chi connectivity index (χ4n) is 2.32. The van der Waals surface area contributed by atoms with Crippen molar-refractivity contribution in [2.75, 3.05) is 20.1 Å². The van der Waals surface area contributed by atoms with E-state index in [1.165, 1.54) is 0 Å². The quantitative estimate of drug-likeness (QED) is 0.847. The third-order valence-electron chi connectivity index (χ3n) is 3.37. The summed E-state index contributed by atoms with van der Waals surface area (Å²) >= 11 is 0. The molecule has 0 bridgehead atoms. The number of rotatable bonds is 4. The number of hydrogen-bond donors (Lipinski definition) is 0. The second kappa shape index (κ2) is 5.88. The predicted molar refractivity (Wildman–Crippen MR) is 80.8 cm³/mol. The number of nitrogens with zero attached hydrogens (tertiary/aromatic N) is 2. The minimum absolute atomic E-state index is 0.665. The second-order valence-corrected chi connectivity index (χ2v) is 5.21. The van der Waals surface area contributed by atoms with E-state index >= 15 is 0 Å². The minimum atomic E-state index is 0.665. The molecule has 0 spiro atoms. The van der Waals surface area contributed by atoms with Crippen molar-refractivity contribution in [3.63, 3.8) is 0 Å². The Morgan fingerprint density at radius 1 is 1.15 bits per heavy atom. The molecule has 1 saturated heterocycles. The first-order chi connectivity index (χ1) is 9.79. The summed E-state index contributed by atoms with van der Waals surface area (Å²) in [7, 11) is 2.14. The van der Waals surface area contributed by atoms with E-state index in [1.807, 2.05) is 42.6 Å². The van der Waals surface area contributed by atoms with Crippen LogP contribution in [0.4, 0.5) is 0 Å². The summed E-state index contributed by atoms with van der Waals surface area (Å²) in [5, 5.41) is 0. The molecule has 0 saturated carbocycles. The van der Waals surface area contributed by atoms with E-state index in [4.69, 9.17) is 4.74 Å². The summed E-state index contributed by atoms with van der Waals surface area (Å²) in [6.07, 6.45) is 7.98. The molecule has 1 aromatic carbocycles. The smallest absolute Gasteiger partial charge is 0.146 e. The Bertz CT molecular complexity index is 589. The maximum absolute atomic E-state index is 5.78. The van der Waals surface area contributed by atoms with Crippen molar-refractivity contribution in [1.82, 2.24) is 9.88 Å². The number of aromatic nitrogens is 1. The topological polar surface area (TPSA) is 25.4 Å². The van der Waals surface area contributed by atoms with Gasteiger partial charge in [0.25, 0.3) is 0 Å². The molecule has 0 unspecified atom stereocenters. The SMILES string of the molecule is CN1CC(/C=C/c2cncc(Oc3ccccc3)c2)C1. The predicted octanol–water partition coefficient (Wildman–Crippen LogP) is 3.45. The number of pyridine rings is 1. The molecule has 0 radical (unpaired) electrons. The van der Waals surface area contributed by atoms with Gasteiger partial charge in [0.05, 0.1) is 6.20 Å². The molecular formula is C17H18N2O. The first kappa shape index (κ1) is 12.9. The van der Waals surface area contributed by atoms with Crippen LogP contribution < -0.4 is 4.74 Å². The maximum Gasteiger partial charge on any atom is 0.146 e. The van der Waals surface area contributed by atoms with Crippen LogP contribution >= 0.6 is 0 Å². The van der Waals surface area contributed by atoms with Crippen LogP contribution in [0.15, 0.2) is 54.9 Å².